The van der Waals surface area contributed by atoms with Crippen molar-refractivity contribution in [2.75, 3.05) is 11.1 Å². The van der Waals surface area contributed by atoms with Crippen molar-refractivity contribution in [2.45, 2.75) is 6.92 Å². The molecule has 0 saturated carbocycles. The number of nitrogens with one attached hydrogen (secondary N) is 1. The quantitative estimate of drug-likeness (QED) is 0.840. The molecule has 0 radical (unpaired) electrons. The molecule has 1 aromatic heterocycles. The summed E-state index contributed by atoms with van der Waals surface area (Å²) >= 11 is 0. The number of hydrogen-bond acceptors (Lipinski definition) is 4. The second-order valence-corrected chi connectivity index (χ2v) is 3.57. The fourth-order valence-corrected chi connectivity index (χ4v) is 1.41. The fourth-order valence-electron chi connectivity index (χ4n) is 1.41. The average Bonchev–Trinajstić information content (AvgIpc) is 2.22. The smallest absolute Gasteiger partial charge is 0.222 e. The second kappa shape index (κ2) is 4.32. The molecule has 2 rings (SSSR count). The van der Waals surface area contributed by atoms with Crippen molar-refractivity contribution < 1.29 is 8.78 Å². The van der Waals surface area contributed by atoms with Crippen LogP contribution in [-0.4, -0.2) is 9.97 Å². The van der Waals surface area contributed by atoms with Gasteiger partial charge in [-0.3, -0.25) is 0 Å². The van der Waals surface area contributed by atoms with E-state index in [0.29, 0.717) is 5.69 Å². The Morgan fingerprint density at radius 3 is 2.71 bits per heavy atom. The van der Waals surface area contributed by atoms with E-state index in [1.165, 1.54) is 12.1 Å². The Balaban J connectivity index is 2.34. The molecule has 0 unspecified atom stereocenters. The minimum atomic E-state index is -0.652. The molecule has 88 valence electrons. The summed E-state index contributed by atoms with van der Waals surface area (Å²) in [5.41, 5.74) is 6.46. The summed E-state index contributed by atoms with van der Waals surface area (Å²) in [5.74, 6) is -1.19. The number of hydrogen-bond donors (Lipinski definition) is 2. The monoisotopic (exact) mass is 236 g/mol. The van der Waals surface area contributed by atoms with Crippen molar-refractivity contribution in [2.24, 2.45) is 0 Å². The molecule has 4 nitrogen and oxygen atoms in total. The lowest BCUT2D eigenvalue weighted by Gasteiger charge is -2.07. The molecular weight excluding hydrogens is 226 g/mol. The van der Waals surface area contributed by atoms with Gasteiger partial charge >= 0.3 is 0 Å². The van der Waals surface area contributed by atoms with Crippen LogP contribution < -0.4 is 11.1 Å². The maximum atomic E-state index is 13.3. The molecule has 0 aliphatic carbocycles. The minimum Gasteiger partial charge on any atom is -0.368 e. The molecule has 0 spiro atoms. The zero-order valence-corrected chi connectivity index (χ0v) is 9.04. The highest BCUT2D eigenvalue weighted by Crippen LogP contribution is 2.20. The largest absolute Gasteiger partial charge is 0.368 e. The van der Waals surface area contributed by atoms with Gasteiger partial charge in [-0.2, -0.15) is 4.98 Å². The Morgan fingerprint density at radius 1 is 1.24 bits per heavy atom. The second-order valence-electron chi connectivity index (χ2n) is 3.57. The van der Waals surface area contributed by atoms with Crippen LogP contribution in [0.2, 0.25) is 0 Å². The molecule has 0 fully saturated rings. The van der Waals surface area contributed by atoms with Gasteiger partial charge in [-0.25, -0.2) is 13.8 Å². The normalized spacial score (nSPS) is 10.3. The topological polar surface area (TPSA) is 63.8 Å². The summed E-state index contributed by atoms with van der Waals surface area (Å²) < 4.78 is 26.4. The number of benzene rings is 1. The predicted octanol–water partition coefficient (Wildman–Crippen LogP) is 2.39. The van der Waals surface area contributed by atoms with E-state index in [4.69, 9.17) is 5.73 Å². The van der Waals surface area contributed by atoms with Gasteiger partial charge in [0.25, 0.3) is 0 Å². The summed E-state index contributed by atoms with van der Waals surface area (Å²) in [7, 11) is 0. The van der Waals surface area contributed by atoms with Crippen LogP contribution in [0.4, 0.5) is 26.2 Å². The lowest BCUT2D eigenvalue weighted by atomic mass is 10.2. The van der Waals surface area contributed by atoms with Crippen molar-refractivity contribution in [1.29, 1.82) is 0 Å². The zero-order chi connectivity index (χ0) is 12.4. The third-order valence-electron chi connectivity index (χ3n) is 2.07. The van der Waals surface area contributed by atoms with Gasteiger partial charge in [-0.05, 0) is 30.7 Å². The summed E-state index contributed by atoms with van der Waals surface area (Å²) in [5, 5.41) is 2.65. The number of nitrogens with two attached hydrogens (primary N) is 1. The molecule has 6 heteroatoms. The van der Waals surface area contributed by atoms with Gasteiger partial charge < -0.3 is 11.1 Å². The van der Waals surface area contributed by atoms with Crippen molar-refractivity contribution >= 4 is 17.5 Å². The fraction of sp³-hybridized carbons (Fsp3) is 0.0909. The van der Waals surface area contributed by atoms with Crippen molar-refractivity contribution in [3.63, 3.8) is 0 Å². The van der Waals surface area contributed by atoms with Gasteiger partial charge in [0.1, 0.15) is 5.82 Å². The van der Waals surface area contributed by atoms with Crippen LogP contribution in [0.5, 0.6) is 0 Å². The Bertz CT molecular complexity index is 537. The standard InChI is InChI=1S/C11H10F2N4/c1-6-2-7(12)4-8(3-6)16-10-9(13)5-15-11(14)17-10/h2-5H,1H3,(H3,14,15,16,17). The highest BCUT2D eigenvalue weighted by molar-refractivity contribution is 5.58. The first-order chi connectivity index (χ1) is 8.04. The van der Waals surface area contributed by atoms with Gasteiger partial charge in [-0.15, -0.1) is 0 Å². The number of anilines is 3. The number of nitrogen functional groups attached to an aromatic ring is 1. The summed E-state index contributed by atoms with van der Waals surface area (Å²) in [6.07, 6.45) is 0.955. The van der Waals surface area contributed by atoms with Gasteiger partial charge in [0, 0.05) is 5.69 Å². The molecule has 3 N–H and O–H groups in total. The molecule has 0 aliphatic rings. The van der Waals surface area contributed by atoms with E-state index in [2.05, 4.69) is 15.3 Å². The van der Waals surface area contributed by atoms with Crippen LogP contribution in [0.25, 0.3) is 0 Å². The van der Waals surface area contributed by atoms with E-state index < -0.39 is 11.6 Å². The first-order valence-corrected chi connectivity index (χ1v) is 4.87. The molecule has 2 aromatic rings. The molecule has 17 heavy (non-hydrogen) atoms. The molecular formula is C11H10F2N4. The number of aryl methyl sites for hydroxylation is 1. The minimum absolute atomic E-state index is 0.0537. The average molecular weight is 236 g/mol. The van der Waals surface area contributed by atoms with Crippen LogP contribution in [0, 0.1) is 18.6 Å². The van der Waals surface area contributed by atoms with E-state index in [-0.39, 0.29) is 11.8 Å². The Morgan fingerprint density at radius 2 is 2.00 bits per heavy atom. The SMILES string of the molecule is Cc1cc(F)cc(Nc2nc(N)ncc2F)c1. The first kappa shape index (κ1) is 11.3. The van der Waals surface area contributed by atoms with Crippen LogP contribution in [0.1, 0.15) is 5.56 Å². The van der Waals surface area contributed by atoms with E-state index >= 15 is 0 Å². The first-order valence-electron chi connectivity index (χ1n) is 4.87. The molecule has 0 amide bonds. The maximum Gasteiger partial charge on any atom is 0.222 e. The summed E-state index contributed by atoms with van der Waals surface area (Å²) in [6, 6.07) is 4.28. The van der Waals surface area contributed by atoms with Crippen molar-refractivity contribution in [3.8, 4) is 0 Å². The van der Waals surface area contributed by atoms with Gasteiger partial charge in [-0.1, -0.05) is 0 Å². The van der Waals surface area contributed by atoms with E-state index in [9.17, 15) is 8.78 Å². The number of rotatable bonds is 2. The Hall–Kier alpha value is -2.24. The molecule has 0 saturated heterocycles. The van der Waals surface area contributed by atoms with E-state index in [1.54, 1.807) is 13.0 Å². The number of aromatic nitrogens is 2. The molecule has 0 aliphatic heterocycles. The van der Waals surface area contributed by atoms with Gasteiger partial charge in [0.05, 0.1) is 6.20 Å². The van der Waals surface area contributed by atoms with Crippen LogP contribution in [-0.2, 0) is 0 Å². The highest BCUT2D eigenvalue weighted by Gasteiger charge is 2.06. The molecule has 1 aromatic carbocycles. The van der Waals surface area contributed by atoms with Crippen LogP contribution >= 0.6 is 0 Å². The van der Waals surface area contributed by atoms with Gasteiger partial charge in [0.2, 0.25) is 5.95 Å². The lowest BCUT2D eigenvalue weighted by Crippen LogP contribution is -2.02. The van der Waals surface area contributed by atoms with Crippen molar-refractivity contribution in [1.82, 2.24) is 9.97 Å². The Labute approximate surface area is 96.5 Å². The maximum absolute atomic E-state index is 13.3. The molecule has 0 bridgehead atoms. The molecule has 0 atom stereocenters. The predicted molar refractivity (Wildman–Crippen MR) is 60.8 cm³/mol. The van der Waals surface area contributed by atoms with Crippen LogP contribution in [0.3, 0.4) is 0 Å². The van der Waals surface area contributed by atoms with Crippen molar-refractivity contribution in [3.05, 3.63) is 41.6 Å². The van der Waals surface area contributed by atoms with E-state index in [1.807, 2.05) is 0 Å². The third kappa shape index (κ3) is 2.66. The zero-order valence-electron chi connectivity index (χ0n) is 9.04. The highest BCUT2D eigenvalue weighted by atomic mass is 19.1. The summed E-state index contributed by atoms with van der Waals surface area (Å²) in [6.45, 7) is 1.74. The molecule has 1 heterocycles. The Kier molecular flexibility index (Phi) is 2.86. The number of halogens is 2. The third-order valence-corrected chi connectivity index (χ3v) is 2.07. The lowest BCUT2D eigenvalue weighted by molar-refractivity contribution is 0.618. The summed E-state index contributed by atoms with van der Waals surface area (Å²) in [4.78, 5) is 7.18. The number of nitrogens with zero attached hydrogens (tertiary/aromatic N) is 2. The van der Waals surface area contributed by atoms with E-state index in [0.717, 1.165) is 11.8 Å². The van der Waals surface area contributed by atoms with Gasteiger partial charge in [0.15, 0.2) is 11.6 Å². The van der Waals surface area contributed by atoms with Crippen LogP contribution in [0.15, 0.2) is 24.4 Å².